The van der Waals surface area contributed by atoms with Crippen molar-refractivity contribution in [3.63, 3.8) is 0 Å². The first-order chi connectivity index (χ1) is 9.57. The highest BCUT2D eigenvalue weighted by atomic mass is 32.2. The SMILES string of the molecule is CCCC1CCCN(S(=O)(=O)c2ccc(CO)s2)CC1. The van der Waals surface area contributed by atoms with Gasteiger partial charge in [0.05, 0.1) is 6.61 Å². The van der Waals surface area contributed by atoms with Gasteiger partial charge < -0.3 is 5.11 Å². The lowest BCUT2D eigenvalue weighted by Crippen LogP contribution is -2.31. The Morgan fingerprint density at radius 1 is 1.35 bits per heavy atom. The molecule has 2 heterocycles. The average molecular weight is 317 g/mol. The molecule has 0 spiro atoms. The predicted octanol–water partition coefficient (Wildman–Crippen LogP) is 2.83. The first-order valence-corrected chi connectivity index (χ1v) is 9.53. The van der Waals surface area contributed by atoms with Crippen LogP contribution in [0.25, 0.3) is 0 Å². The van der Waals surface area contributed by atoms with Crippen molar-refractivity contribution in [2.24, 2.45) is 5.92 Å². The minimum Gasteiger partial charge on any atom is -0.391 e. The number of hydrogen-bond donors (Lipinski definition) is 1. The van der Waals surface area contributed by atoms with E-state index in [-0.39, 0.29) is 6.61 Å². The molecule has 0 saturated carbocycles. The smallest absolute Gasteiger partial charge is 0.252 e. The quantitative estimate of drug-likeness (QED) is 0.908. The topological polar surface area (TPSA) is 57.6 Å². The van der Waals surface area contributed by atoms with E-state index >= 15 is 0 Å². The van der Waals surface area contributed by atoms with Crippen molar-refractivity contribution < 1.29 is 13.5 Å². The molecule has 1 atom stereocenters. The first kappa shape index (κ1) is 15.9. The zero-order valence-corrected chi connectivity index (χ0v) is 13.5. The molecule has 2 rings (SSSR count). The van der Waals surface area contributed by atoms with Crippen molar-refractivity contribution >= 4 is 21.4 Å². The van der Waals surface area contributed by atoms with Gasteiger partial charge in [-0.05, 0) is 37.3 Å². The molecular formula is C14H23NO3S2. The van der Waals surface area contributed by atoms with E-state index in [1.165, 1.54) is 24.2 Å². The predicted molar refractivity (Wildman–Crippen MR) is 81.2 cm³/mol. The molecule has 0 amide bonds. The van der Waals surface area contributed by atoms with Crippen LogP contribution in [0.5, 0.6) is 0 Å². The third-order valence-electron chi connectivity index (χ3n) is 3.89. The van der Waals surface area contributed by atoms with E-state index in [4.69, 9.17) is 5.11 Å². The highest BCUT2D eigenvalue weighted by Crippen LogP contribution is 2.29. The maximum atomic E-state index is 12.6. The van der Waals surface area contributed by atoms with Crippen molar-refractivity contribution in [1.29, 1.82) is 0 Å². The number of rotatable bonds is 5. The molecule has 1 saturated heterocycles. The van der Waals surface area contributed by atoms with Gasteiger partial charge in [-0.3, -0.25) is 0 Å². The van der Waals surface area contributed by atoms with Crippen LogP contribution in [0, 0.1) is 5.92 Å². The van der Waals surface area contributed by atoms with Gasteiger partial charge in [0.1, 0.15) is 4.21 Å². The molecule has 6 heteroatoms. The lowest BCUT2D eigenvalue weighted by molar-refractivity contribution is 0.285. The van der Waals surface area contributed by atoms with Crippen LogP contribution in [0.2, 0.25) is 0 Å². The van der Waals surface area contributed by atoms with Crippen LogP contribution in [0.1, 0.15) is 43.9 Å². The Bertz CT molecular complexity index is 524. The van der Waals surface area contributed by atoms with E-state index in [9.17, 15) is 8.42 Å². The maximum absolute atomic E-state index is 12.6. The molecule has 0 radical (unpaired) electrons. The minimum absolute atomic E-state index is 0.0985. The van der Waals surface area contributed by atoms with Gasteiger partial charge in [-0.25, -0.2) is 8.42 Å². The number of hydrogen-bond acceptors (Lipinski definition) is 4. The monoisotopic (exact) mass is 317 g/mol. The van der Waals surface area contributed by atoms with Crippen LogP contribution in [0.3, 0.4) is 0 Å². The van der Waals surface area contributed by atoms with Crippen molar-refractivity contribution in [2.45, 2.75) is 49.8 Å². The summed E-state index contributed by atoms with van der Waals surface area (Å²) in [5.74, 6) is 0.663. The van der Waals surface area contributed by atoms with Crippen LogP contribution in [-0.2, 0) is 16.6 Å². The van der Waals surface area contributed by atoms with E-state index in [2.05, 4.69) is 6.92 Å². The van der Waals surface area contributed by atoms with Crippen molar-refractivity contribution in [3.8, 4) is 0 Å². The normalized spacial score (nSPS) is 21.8. The summed E-state index contributed by atoms with van der Waals surface area (Å²) in [4.78, 5) is 0.697. The van der Waals surface area contributed by atoms with Crippen molar-refractivity contribution in [3.05, 3.63) is 17.0 Å². The first-order valence-electron chi connectivity index (χ1n) is 7.27. The Labute approximate surface area is 125 Å². The fraction of sp³-hybridized carbons (Fsp3) is 0.714. The standard InChI is InChI=1S/C14H23NO3S2/c1-2-4-12-5-3-9-15(10-8-12)20(17,18)14-7-6-13(11-16)19-14/h6-7,12,16H,2-5,8-11H2,1H3. The van der Waals surface area contributed by atoms with E-state index in [0.717, 1.165) is 19.3 Å². The molecule has 1 aliphatic rings. The lowest BCUT2D eigenvalue weighted by atomic mass is 9.96. The molecule has 0 bridgehead atoms. The zero-order valence-electron chi connectivity index (χ0n) is 11.9. The summed E-state index contributed by atoms with van der Waals surface area (Å²) in [6.45, 7) is 3.33. The summed E-state index contributed by atoms with van der Waals surface area (Å²) >= 11 is 1.17. The minimum atomic E-state index is -3.37. The Balaban J connectivity index is 2.09. The third kappa shape index (κ3) is 3.61. The fourth-order valence-corrected chi connectivity index (χ4v) is 5.65. The molecule has 1 unspecified atom stereocenters. The van der Waals surface area contributed by atoms with Gasteiger partial charge in [0, 0.05) is 18.0 Å². The second-order valence-corrected chi connectivity index (χ2v) is 8.70. The molecule has 114 valence electrons. The summed E-state index contributed by atoms with van der Waals surface area (Å²) in [7, 11) is -3.37. The van der Waals surface area contributed by atoms with Gasteiger partial charge in [-0.15, -0.1) is 11.3 Å². The van der Waals surface area contributed by atoms with E-state index < -0.39 is 10.0 Å². The van der Waals surface area contributed by atoms with Crippen LogP contribution in [-0.4, -0.2) is 30.9 Å². The highest BCUT2D eigenvalue weighted by molar-refractivity contribution is 7.91. The number of nitrogens with zero attached hydrogens (tertiary/aromatic N) is 1. The Morgan fingerprint density at radius 3 is 2.80 bits per heavy atom. The van der Waals surface area contributed by atoms with E-state index in [0.29, 0.717) is 28.1 Å². The van der Waals surface area contributed by atoms with Crippen LogP contribution < -0.4 is 0 Å². The number of sulfonamides is 1. The third-order valence-corrected chi connectivity index (χ3v) is 7.33. The molecular weight excluding hydrogens is 294 g/mol. The second kappa shape index (κ2) is 7.02. The van der Waals surface area contributed by atoms with Crippen molar-refractivity contribution in [1.82, 2.24) is 4.31 Å². The molecule has 1 aromatic heterocycles. The summed E-state index contributed by atoms with van der Waals surface area (Å²) in [6.07, 6.45) is 5.41. The maximum Gasteiger partial charge on any atom is 0.252 e. The van der Waals surface area contributed by atoms with Gasteiger partial charge in [0.2, 0.25) is 0 Å². The molecule has 1 N–H and O–H groups in total. The molecule has 1 fully saturated rings. The average Bonchev–Trinajstić information content (AvgIpc) is 2.80. The largest absolute Gasteiger partial charge is 0.391 e. The van der Waals surface area contributed by atoms with E-state index in [1.807, 2.05) is 0 Å². The highest BCUT2D eigenvalue weighted by Gasteiger charge is 2.28. The van der Waals surface area contributed by atoms with Crippen LogP contribution >= 0.6 is 11.3 Å². The number of aliphatic hydroxyl groups is 1. The van der Waals surface area contributed by atoms with Crippen LogP contribution in [0.4, 0.5) is 0 Å². The van der Waals surface area contributed by atoms with Gasteiger partial charge in [0.25, 0.3) is 10.0 Å². The Morgan fingerprint density at radius 2 is 2.15 bits per heavy atom. The van der Waals surface area contributed by atoms with Gasteiger partial charge in [0.15, 0.2) is 0 Å². The van der Waals surface area contributed by atoms with E-state index in [1.54, 1.807) is 16.4 Å². The van der Waals surface area contributed by atoms with Gasteiger partial charge >= 0.3 is 0 Å². The van der Waals surface area contributed by atoms with Gasteiger partial charge in [-0.2, -0.15) is 4.31 Å². The molecule has 0 aromatic carbocycles. The van der Waals surface area contributed by atoms with Crippen LogP contribution in [0.15, 0.2) is 16.3 Å². The zero-order chi connectivity index (χ0) is 14.6. The Kier molecular flexibility index (Phi) is 5.60. The summed E-state index contributed by atoms with van der Waals surface area (Å²) in [6, 6.07) is 3.30. The molecule has 20 heavy (non-hydrogen) atoms. The molecule has 1 aliphatic heterocycles. The molecule has 0 aliphatic carbocycles. The lowest BCUT2D eigenvalue weighted by Gasteiger charge is -2.19. The fourth-order valence-electron chi connectivity index (χ4n) is 2.79. The number of thiophene rings is 1. The summed E-state index contributed by atoms with van der Waals surface area (Å²) in [5.41, 5.74) is 0. The second-order valence-electron chi connectivity index (χ2n) is 5.37. The Hall–Kier alpha value is -0.430. The molecule has 4 nitrogen and oxygen atoms in total. The van der Waals surface area contributed by atoms with Crippen molar-refractivity contribution in [2.75, 3.05) is 13.1 Å². The molecule has 1 aromatic rings. The summed E-state index contributed by atoms with van der Waals surface area (Å²) < 4.78 is 27.2. The number of aliphatic hydroxyl groups excluding tert-OH is 1. The van der Waals surface area contributed by atoms with Gasteiger partial charge in [-0.1, -0.05) is 19.8 Å². The summed E-state index contributed by atoms with van der Waals surface area (Å²) in [5, 5.41) is 9.07.